The lowest BCUT2D eigenvalue weighted by Crippen LogP contribution is -2.40. The molecule has 1 N–H and O–H groups in total. The van der Waals surface area contributed by atoms with Gasteiger partial charge in [0.2, 0.25) is 0 Å². The average Bonchev–Trinajstić information content (AvgIpc) is 2.45. The second-order valence-electron chi connectivity index (χ2n) is 5.85. The topological polar surface area (TPSA) is 37.8 Å². The second-order valence-corrected chi connectivity index (χ2v) is 5.85. The van der Waals surface area contributed by atoms with Crippen LogP contribution in [-0.2, 0) is 12.8 Å². The van der Waals surface area contributed by atoms with Crippen LogP contribution in [0.25, 0.3) is 11.3 Å². The number of aryl methyl sites for hydroxylation is 2. The van der Waals surface area contributed by atoms with Crippen LogP contribution in [0.3, 0.4) is 0 Å². The zero-order chi connectivity index (χ0) is 13.4. The Bertz CT molecular complexity index is 632. The standard InChI is InChI=1S/C17H19N3/c1-2-4-13-9-14(6-5-12(13)3-1)16-7-8-19-17(20-16)15-10-18-11-15/h5-9,15,18H,1-4,10-11H2. The molecule has 1 saturated heterocycles. The van der Waals surface area contributed by atoms with Gasteiger partial charge in [0.1, 0.15) is 5.82 Å². The molecule has 1 aromatic heterocycles. The van der Waals surface area contributed by atoms with Crippen molar-refractivity contribution in [3.8, 4) is 11.3 Å². The summed E-state index contributed by atoms with van der Waals surface area (Å²) in [5.41, 5.74) is 5.34. The van der Waals surface area contributed by atoms with E-state index in [1.54, 1.807) is 0 Å². The minimum atomic E-state index is 0.493. The summed E-state index contributed by atoms with van der Waals surface area (Å²) in [5, 5.41) is 3.28. The first-order valence-corrected chi connectivity index (χ1v) is 7.56. The van der Waals surface area contributed by atoms with Crippen molar-refractivity contribution in [2.24, 2.45) is 0 Å². The number of benzene rings is 1. The van der Waals surface area contributed by atoms with Gasteiger partial charge in [-0.15, -0.1) is 0 Å². The van der Waals surface area contributed by atoms with Crippen LogP contribution >= 0.6 is 0 Å². The van der Waals surface area contributed by atoms with Gasteiger partial charge in [-0.05, 0) is 48.9 Å². The Kier molecular flexibility index (Phi) is 3.00. The molecule has 2 aromatic rings. The molecule has 2 heterocycles. The first-order valence-electron chi connectivity index (χ1n) is 7.56. The van der Waals surface area contributed by atoms with Crippen molar-refractivity contribution in [2.45, 2.75) is 31.6 Å². The fraction of sp³-hybridized carbons (Fsp3) is 0.412. The summed E-state index contributed by atoms with van der Waals surface area (Å²) in [4.78, 5) is 9.19. The van der Waals surface area contributed by atoms with Gasteiger partial charge in [-0.2, -0.15) is 0 Å². The molecule has 1 fully saturated rings. The minimum Gasteiger partial charge on any atom is -0.315 e. The number of hydrogen-bond acceptors (Lipinski definition) is 3. The molecule has 0 saturated carbocycles. The highest BCUT2D eigenvalue weighted by Crippen LogP contribution is 2.27. The van der Waals surface area contributed by atoms with E-state index in [-0.39, 0.29) is 0 Å². The van der Waals surface area contributed by atoms with Gasteiger partial charge in [-0.25, -0.2) is 9.97 Å². The van der Waals surface area contributed by atoms with Crippen LogP contribution in [0.15, 0.2) is 30.5 Å². The van der Waals surface area contributed by atoms with Gasteiger partial charge in [0.15, 0.2) is 0 Å². The van der Waals surface area contributed by atoms with Gasteiger partial charge < -0.3 is 5.32 Å². The lowest BCUT2D eigenvalue weighted by atomic mass is 9.90. The highest BCUT2D eigenvalue weighted by molar-refractivity contribution is 5.61. The Morgan fingerprint density at radius 3 is 2.65 bits per heavy atom. The molecule has 1 aromatic carbocycles. The van der Waals surface area contributed by atoms with Gasteiger partial charge in [-0.3, -0.25) is 0 Å². The molecule has 4 rings (SSSR count). The summed E-state index contributed by atoms with van der Waals surface area (Å²) in [6.45, 7) is 2.02. The maximum atomic E-state index is 4.76. The van der Waals surface area contributed by atoms with Crippen LogP contribution in [0.5, 0.6) is 0 Å². The van der Waals surface area contributed by atoms with Gasteiger partial charge in [0, 0.05) is 30.8 Å². The first kappa shape index (κ1) is 12.0. The van der Waals surface area contributed by atoms with E-state index in [2.05, 4.69) is 28.5 Å². The predicted octanol–water partition coefficient (Wildman–Crippen LogP) is 2.71. The van der Waals surface area contributed by atoms with Crippen LogP contribution in [0.4, 0.5) is 0 Å². The van der Waals surface area contributed by atoms with Crippen molar-refractivity contribution >= 4 is 0 Å². The van der Waals surface area contributed by atoms with Gasteiger partial charge in [-0.1, -0.05) is 12.1 Å². The molecular formula is C17H19N3. The smallest absolute Gasteiger partial charge is 0.134 e. The second kappa shape index (κ2) is 4.98. The van der Waals surface area contributed by atoms with E-state index in [9.17, 15) is 0 Å². The van der Waals surface area contributed by atoms with Crippen LogP contribution in [0.2, 0.25) is 0 Å². The third-order valence-electron chi connectivity index (χ3n) is 4.47. The molecule has 0 unspecified atom stereocenters. The maximum absolute atomic E-state index is 4.76. The van der Waals surface area contributed by atoms with E-state index in [1.165, 1.54) is 42.4 Å². The van der Waals surface area contributed by atoms with Crippen molar-refractivity contribution in [3.05, 3.63) is 47.4 Å². The summed E-state index contributed by atoms with van der Waals surface area (Å²) in [5.74, 6) is 1.48. The molecule has 0 radical (unpaired) electrons. The van der Waals surface area contributed by atoms with E-state index in [0.717, 1.165) is 24.6 Å². The van der Waals surface area contributed by atoms with E-state index in [1.807, 2.05) is 12.3 Å². The summed E-state index contributed by atoms with van der Waals surface area (Å²) in [6, 6.07) is 8.87. The number of hydrogen-bond donors (Lipinski definition) is 1. The number of aromatic nitrogens is 2. The van der Waals surface area contributed by atoms with E-state index in [0.29, 0.717) is 5.92 Å². The van der Waals surface area contributed by atoms with Crippen molar-refractivity contribution in [2.75, 3.05) is 13.1 Å². The lowest BCUT2D eigenvalue weighted by molar-refractivity contribution is 0.430. The molecule has 0 spiro atoms. The van der Waals surface area contributed by atoms with Crippen molar-refractivity contribution in [3.63, 3.8) is 0 Å². The van der Waals surface area contributed by atoms with Crippen LogP contribution in [0.1, 0.15) is 35.7 Å². The largest absolute Gasteiger partial charge is 0.315 e. The maximum Gasteiger partial charge on any atom is 0.134 e. The SMILES string of the molecule is c1cc(-c2ccc3c(c2)CCCC3)nc(C2CNC2)n1. The van der Waals surface area contributed by atoms with E-state index < -0.39 is 0 Å². The molecule has 0 bridgehead atoms. The Morgan fingerprint density at radius 1 is 1.00 bits per heavy atom. The summed E-state index contributed by atoms with van der Waals surface area (Å²) < 4.78 is 0. The number of fused-ring (bicyclic) bond motifs is 1. The molecule has 1 aliphatic heterocycles. The number of nitrogens with zero attached hydrogens (tertiary/aromatic N) is 2. The van der Waals surface area contributed by atoms with Crippen molar-refractivity contribution in [1.29, 1.82) is 0 Å². The molecule has 102 valence electrons. The molecule has 3 nitrogen and oxygen atoms in total. The first-order chi connectivity index (χ1) is 9.90. The fourth-order valence-electron chi connectivity index (χ4n) is 3.10. The summed E-state index contributed by atoms with van der Waals surface area (Å²) in [7, 11) is 0. The quantitative estimate of drug-likeness (QED) is 0.907. The zero-order valence-corrected chi connectivity index (χ0v) is 11.6. The van der Waals surface area contributed by atoms with Crippen LogP contribution in [-0.4, -0.2) is 23.1 Å². The molecule has 2 aliphatic rings. The third-order valence-corrected chi connectivity index (χ3v) is 4.47. The van der Waals surface area contributed by atoms with Crippen LogP contribution < -0.4 is 5.32 Å². The average molecular weight is 265 g/mol. The van der Waals surface area contributed by atoms with Crippen LogP contribution in [0, 0.1) is 0 Å². The summed E-state index contributed by atoms with van der Waals surface area (Å²) >= 11 is 0. The highest BCUT2D eigenvalue weighted by Gasteiger charge is 2.22. The summed E-state index contributed by atoms with van der Waals surface area (Å²) in [6.07, 6.45) is 7.00. The zero-order valence-electron chi connectivity index (χ0n) is 11.6. The monoisotopic (exact) mass is 265 g/mol. The van der Waals surface area contributed by atoms with Crippen molar-refractivity contribution in [1.82, 2.24) is 15.3 Å². The predicted molar refractivity (Wildman–Crippen MR) is 79.7 cm³/mol. The van der Waals surface area contributed by atoms with E-state index in [4.69, 9.17) is 4.98 Å². The Hall–Kier alpha value is -1.74. The Labute approximate surface area is 119 Å². The highest BCUT2D eigenvalue weighted by atomic mass is 15.0. The number of rotatable bonds is 2. The normalized spacial score (nSPS) is 18.4. The molecule has 20 heavy (non-hydrogen) atoms. The Balaban J connectivity index is 1.69. The third kappa shape index (κ3) is 2.12. The van der Waals surface area contributed by atoms with Gasteiger partial charge in [0.05, 0.1) is 5.69 Å². The molecule has 3 heteroatoms. The molecular weight excluding hydrogens is 246 g/mol. The lowest BCUT2D eigenvalue weighted by Gasteiger charge is -2.25. The molecule has 0 amide bonds. The minimum absolute atomic E-state index is 0.493. The van der Waals surface area contributed by atoms with Gasteiger partial charge in [0.25, 0.3) is 0 Å². The van der Waals surface area contributed by atoms with E-state index >= 15 is 0 Å². The number of nitrogens with one attached hydrogen (secondary N) is 1. The fourth-order valence-corrected chi connectivity index (χ4v) is 3.10. The Morgan fingerprint density at radius 2 is 1.85 bits per heavy atom. The molecule has 1 aliphatic carbocycles. The van der Waals surface area contributed by atoms with Crippen molar-refractivity contribution < 1.29 is 0 Å². The molecule has 0 atom stereocenters. The van der Waals surface area contributed by atoms with Gasteiger partial charge >= 0.3 is 0 Å².